The van der Waals surface area contributed by atoms with E-state index in [1.807, 2.05) is 50.2 Å². The molecule has 0 radical (unpaired) electrons. The van der Waals surface area contributed by atoms with Crippen LogP contribution in [0.3, 0.4) is 0 Å². The van der Waals surface area contributed by atoms with E-state index in [-0.39, 0.29) is 43.1 Å². The number of ether oxygens (including phenoxy) is 5. The lowest BCUT2D eigenvalue weighted by Gasteiger charge is -2.43. The Balaban J connectivity index is 1.19. The van der Waals surface area contributed by atoms with Crippen LogP contribution in [-0.2, 0) is 38.7 Å². The van der Waals surface area contributed by atoms with Crippen molar-refractivity contribution >= 4 is 45.6 Å². The minimum absolute atomic E-state index is 0.0383. The average molecular weight is 724 g/mol. The second-order valence-corrected chi connectivity index (χ2v) is 12.4. The predicted molar refractivity (Wildman–Crippen MR) is 181 cm³/mol. The molecule has 2 N–H and O–H groups in total. The highest BCUT2D eigenvalue weighted by Crippen LogP contribution is 2.44. The fourth-order valence-corrected chi connectivity index (χ4v) is 6.38. The highest BCUT2D eigenvalue weighted by atomic mass is 79.9. The molecule has 0 saturated carbocycles. The van der Waals surface area contributed by atoms with E-state index in [9.17, 15) is 19.2 Å². The summed E-state index contributed by atoms with van der Waals surface area (Å²) in [6.07, 6.45) is -4.07. The number of nitrogens with one attached hydrogen (secondary N) is 2. The van der Waals surface area contributed by atoms with E-state index in [1.165, 1.54) is 13.8 Å². The van der Waals surface area contributed by atoms with Gasteiger partial charge in [-0.2, -0.15) is 0 Å². The number of carbonyl (C=O) groups is 4. The summed E-state index contributed by atoms with van der Waals surface area (Å²) in [7, 11) is 0. The minimum atomic E-state index is -1.13. The van der Waals surface area contributed by atoms with Crippen molar-refractivity contribution in [3.63, 3.8) is 0 Å². The standard InChI is InChI=1S/C36H39BrN2O9/c1-20-21(2)45-35(34(47-23(4)41)33(20)46-22(3)40)48-31-14-13-24(18-37)17-30(31)39-32(42)15-16-38-36(43)44-19-29-27-11-7-5-9-25(27)26-10-6-8-12-28(26)29/h5-14,17,20-21,29,33-35H,15-16,18-19H2,1-4H3,(H,38,43)(H,39,42)/t20-,21-,33+,34-,35+/m1/s1. The highest BCUT2D eigenvalue weighted by Gasteiger charge is 2.48. The second-order valence-electron chi connectivity index (χ2n) is 11.8. The van der Waals surface area contributed by atoms with Crippen molar-refractivity contribution in [2.75, 3.05) is 18.5 Å². The Morgan fingerprint density at radius 1 is 0.854 bits per heavy atom. The lowest BCUT2D eigenvalue weighted by molar-refractivity contribution is -0.262. The molecule has 3 aromatic carbocycles. The molecule has 5 atom stereocenters. The molecule has 0 bridgehead atoms. The lowest BCUT2D eigenvalue weighted by atomic mass is 9.91. The SMILES string of the molecule is CC(=O)O[C@H]1[C@H](Oc2ccc(CBr)cc2NC(=O)CCNC(=O)OCC2c3ccccc3-c3ccccc32)O[C@H](C)[C@@H](C)[C@@H]1OC(C)=O. The molecule has 3 aromatic rings. The highest BCUT2D eigenvalue weighted by molar-refractivity contribution is 9.08. The Labute approximate surface area is 287 Å². The van der Waals surface area contributed by atoms with Crippen LogP contribution in [0.1, 0.15) is 56.7 Å². The number of anilines is 1. The Morgan fingerprint density at radius 2 is 1.48 bits per heavy atom. The Kier molecular flexibility index (Phi) is 11.4. The fourth-order valence-electron chi connectivity index (χ4n) is 6.04. The normalized spacial score (nSPS) is 21.3. The maximum Gasteiger partial charge on any atom is 0.407 e. The fraction of sp³-hybridized carbons (Fsp3) is 0.389. The first-order valence-corrected chi connectivity index (χ1v) is 16.9. The second kappa shape index (κ2) is 15.7. The topological polar surface area (TPSA) is 138 Å². The van der Waals surface area contributed by atoms with Crippen LogP contribution in [0, 0.1) is 5.92 Å². The van der Waals surface area contributed by atoms with Gasteiger partial charge in [0.1, 0.15) is 18.5 Å². The van der Waals surface area contributed by atoms with Gasteiger partial charge in [-0.05, 0) is 46.9 Å². The summed E-state index contributed by atoms with van der Waals surface area (Å²) in [5, 5.41) is 6.01. The van der Waals surface area contributed by atoms with E-state index in [1.54, 1.807) is 18.2 Å². The summed E-state index contributed by atoms with van der Waals surface area (Å²) >= 11 is 3.43. The first kappa shape index (κ1) is 34.9. The Bertz CT molecular complexity index is 1620. The number of benzene rings is 3. The molecule has 2 aliphatic rings. The molecule has 11 nitrogen and oxygen atoms in total. The van der Waals surface area contributed by atoms with Gasteiger partial charge in [-0.15, -0.1) is 0 Å². The van der Waals surface area contributed by atoms with Crippen LogP contribution < -0.4 is 15.4 Å². The van der Waals surface area contributed by atoms with E-state index in [0.717, 1.165) is 27.8 Å². The molecule has 1 aliphatic heterocycles. The van der Waals surface area contributed by atoms with E-state index < -0.39 is 42.6 Å². The van der Waals surface area contributed by atoms with Gasteiger partial charge < -0.3 is 34.3 Å². The number of rotatable bonds is 11. The maximum absolute atomic E-state index is 13.0. The number of esters is 2. The largest absolute Gasteiger partial charge is 0.459 e. The number of hydrogen-bond acceptors (Lipinski definition) is 9. The van der Waals surface area contributed by atoms with Crippen LogP contribution in [0.2, 0.25) is 0 Å². The van der Waals surface area contributed by atoms with Gasteiger partial charge in [0.25, 0.3) is 0 Å². The zero-order valence-electron chi connectivity index (χ0n) is 27.2. The summed E-state index contributed by atoms with van der Waals surface area (Å²) in [5.74, 6) is -1.62. The van der Waals surface area contributed by atoms with E-state index in [2.05, 4.69) is 38.7 Å². The molecule has 1 heterocycles. The zero-order valence-corrected chi connectivity index (χ0v) is 28.8. The summed E-state index contributed by atoms with van der Waals surface area (Å²) in [5.41, 5.74) is 5.69. The lowest BCUT2D eigenvalue weighted by Crippen LogP contribution is -2.57. The summed E-state index contributed by atoms with van der Waals surface area (Å²) in [4.78, 5) is 49.5. The van der Waals surface area contributed by atoms with Gasteiger partial charge in [-0.25, -0.2) is 4.79 Å². The van der Waals surface area contributed by atoms with Crippen LogP contribution in [-0.4, -0.2) is 61.7 Å². The molecule has 1 saturated heterocycles. The van der Waals surface area contributed by atoms with E-state index in [4.69, 9.17) is 23.7 Å². The van der Waals surface area contributed by atoms with Crippen LogP contribution in [0.5, 0.6) is 5.75 Å². The van der Waals surface area contributed by atoms with Crippen molar-refractivity contribution in [2.24, 2.45) is 5.92 Å². The van der Waals surface area contributed by atoms with Gasteiger partial charge >= 0.3 is 18.0 Å². The molecule has 1 fully saturated rings. The molecular weight excluding hydrogens is 684 g/mol. The molecule has 2 amide bonds. The molecule has 12 heteroatoms. The van der Waals surface area contributed by atoms with Gasteiger partial charge in [0.2, 0.25) is 18.3 Å². The number of carbonyl (C=O) groups excluding carboxylic acids is 4. The van der Waals surface area contributed by atoms with Crippen molar-refractivity contribution in [3.05, 3.63) is 83.4 Å². The molecular formula is C36H39BrN2O9. The number of alkyl halides is 1. The number of halogens is 1. The van der Waals surface area contributed by atoms with Crippen LogP contribution >= 0.6 is 15.9 Å². The number of fused-ring (bicyclic) bond motifs is 3. The van der Waals surface area contributed by atoms with Crippen LogP contribution in [0.15, 0.2) is 66.7 Å². The van der Waals surface area contributed by atoms with Gasteiger partial charge in [0.05, 0.1) is 11.8 Å². The molecule has 0 spiro atoms. The van der Waals surface area contributed by atoms with Crippen molar-refractivity contribution in [1.29, 1.82) is 0 Å². The third-order valence-corrected chi connectivity index (χ3v) is 9.13. The van der Waals surface area contributed by atoms with Crippen LogP contribution in [0.4, 0.5) is 10.5 Å². The van der Waals surface area contributed by atoms with Gasteiger partial charge in [-0.1, -0.05) is 77.5 Å². The van der Waals surface area contributed by atoms with Crippen molar-refractivity contribution < 1.29 is 42.9 Å². The molecule has 5 rings (SSSR count). The van der Waals surface area contributed by atoms with E-state index in [0.29, 0.717) is 11.0 Å². The predicted octanol–water partition coefficient (Wildman–Crippen LogP) is 6.07. The first-order valence-electron chi connectivity index (χ1n) is 15.8. The minimum Gasteiger partial charge on any atom is -0.459 e. The molecule has 0 aromatic heterocycles. The van der Waals surface area contributed by atoms with E-state index >= 15 is 0 Å². The third-order valence-electron chi connectivity index (χ3n) is 8.48. The van der Waals surface area contributed by atoms with Crippen molar-refractivity contribution in [2.45, 2.75) is 70.0 Å². The molecule has 254 valence electrons. The maximum atomic E-state index is 13.0. The Hall–Kier alpha value is -4.42. The zero-order chi connectivity index (χ0) is 34.4. The van der Waals surface area contributed by atoms with Gasteiger partial charge in [0, 0.05) is 44.0 Å². The third kappa shape index (κ3) is 8.16. The quantitative estimate of drug-likeness (QED) is 0.137. The molecule has 0 unspecified atom stereocenters. The summed E-state index contributed by atoms with van der Waals surface area (Å²) < 4.78 is 28.9. The number of hydrogen-bond donors (Lipinski definition) is 2. The molecule has 1 aliphatic carbocycles. The number of amides is 2. The summed E-state index contributed by atoms with van der Waals surface area (Å²) in [6.45, 7) is 6.37. The number of alkyl carbamates (subject to hydrolysis) is 1. The Morgan fingerprint density at radius 3 is 2.10 bits per heavy atom. The van der Waals surface area contributed by atoms with Gasteiger partial charge in [0.15, 0.2) is 0 Å². The first-order chi connectivity index (χ1) is 23.0. The average Bonchev–Trinajstić information content (AvgIpc) is 3.38. The van der Waals surface area contributed by atoms with Crippen molar-refractivity contribution in [3.8, 4) is 16.9 Å². The van der Waals surface area contributed by atoms with Crippen molar-refractivity contribution in [1.82, 2.24) is 5.32 Å². The monoisotopic (exact) mass is 722 g/mol. The molecule has 48 heavy (non-hydrogen) atoms. The summed E-state index contributed by atoms with van der Waals surface area (Å²) in [6, 6.07) is 21.4. The van der Waals surface area contributed by atoms with Gasteiger partial charge in [-0.3, -0.25) is 14.4 Å². The smallest absolute Gasteiger partial charge is 0.407 e. The van der Waals surface area contributed by atoms with Crippen LogP contribution in [0.25, 0.3) is 11.1 Å².